The fourth-order valence-electron chi connectivity index (χ4n) is 3.98. The van der Waals surface area contributed by atoms with Crippen LogP contribution in [-0.4, -0.2) is 45.4 Å². The zero-order valence-electron chi connectivity index (χ0n) is 20.3. The van der Waals surface area contributed by atoms with Gasteiger partial charge in [-0.3, -0.25) is 19.9 Å². The number of nitrogen functional groups attached to an aromatic ring is 1. The molecule has 4 aromatic rings. The van der Waals surface area contributed by atoms with Gasteiger partial charge in [-0.2, -0.15) is 0 Å². The molecule has 9 nitrogen and oxygen atoms in total. The molecule has 0 atom stereocenters. The van der Waals surface area contributed by atoms with Crippen LogP contribution in [0, 0.1) is 5.41 Å². The number of imidazole rings is 1. The average Bonchev–Trinajstić information content (AvgIpc) is 3.21. The summed E-state index contributed by atoms with van der Waals surface area (Å²) in [6, 6.07) is 18.1. The first kappa shape index (κ1) is 24.6. The van der Waals surface area contributed by atoms with Gasteiger partial charge in [0, 0.05) is 30.8 Å². The van der Waals surface area contributed by atoms with Crippen LogP contribution in [0.1, 0.15) is 34.2 Å². The van der Waals surface area contributed by atoms with Crippen molar-refractivity contribution in [2.24, 2.45) is 12.8 Å². The van der Waals surface area contributed by atoms with Gasteiger partial charge in [0.2, 0.25) is 0 Å². The highest BCUT2D eigenvalue weighted by Crippen LogP contribution is 2.21. The number of nitrogens with one attached hydrogen (secondary N) is 1. The topological polar surface area (TPSA) is 127 Å². The molecule has 0 saturated carbocycles. The van der Waals surface area contributed by atoms with Gasteiger partial charge in [-0.15, -0.1) is 0 Å². The summed E-state index contributed by atoms with van der Waals surface area (Å²) in [5, 5.41) is 7.52. The van der Waals surface area contributed by atoms with E-state index in [4.69, 9.17) is 20.9 Å². The Hall–Kier alpha value is -4.53. The molecule has 2 aromatic heterocycles. The Morgan fingerprint density at radius 1 is 1.06 bits per heavy atom. The number of carbonyl (C=O) groups excluding carboxylic acids is 2. The minimum Gasteiger partial charge on any atom is -0.465 e. The van der Waals surface area contributed by atoms with Crippen molar-refractivity contribution in [3.05, 3.63) is 89.4 Å². The third-order valence-corrected chi connectivity index (χ3v) is 5.89. The molecule has 9 heteroatoms. The Balaban J connectivity index is 1.56. The molecule has 36 heavy (non-hydrogen) atoms. The summed E-state index contributed by atoms with van der Waals surface area (Å²) in [4.78, 5) is 35.9. The Kier molecular flexibility index (Phi) is 7.39. The number of amides is 1. The van der Waals surface area contributed by atoms with Gasteiger partial charge in [0.1, 0.15) is 24.0 Å². The maximum Gasteiger partial charge on any atom is 0.326 e. The van der Waals surface area contributed by atoms with E-state index < -0.39 is 5.97 Å². The molecule has 0 bridgehead atoms. The molecule has 0 saturated heterocycles. The van der Waals surface area contributed by atoms with Gasteiger partial charge in [0.05, 0.1) is 17.6 Å². The van der Waals surface area contributed by atoms with Crippen molar-refractivity contribution in [1.29, 1.82) is 5.41 Å². The molecule has 2 heterocycles. The van der Waals surface area contributed by atoms with Gasteiger partial charge < -0.3 is 15.0 Å². The first-order valence-electron chi connectivity index (χ1n) is 11.6. The summed E-state index contributed by atoms with van der Waals surface area (Å²) in [6.45, 7) is 1.71. The summed E-state index contributed by atoms with van der Waals surface area (Å²) in [7, 11) is 1.95. The van der Waals surface area contributed by atoms with Gasteiger partial charge in [0.25, 0.3) is 5.91 Å². The van der Waals surface area contributed by atoms with E-state index in [1.165, 1.54) is 4.90 Å². The number of rotatable bonds is 9. The zero-order valence-corrected chi connectivity index (χ0v) is 20.3. The van der Waals surface area contributed by atoms with E-state index >= 15 is 0 Å². The van der Waals surface area contributed by atoms with Crippen molar-refractivity contribution in [1.82, 2.24) is 14.5 Å². The number of pyridine rings is 1. The van der Waals surface area contributed by atoms with Crippen molar-refractivity contribution < 1.29 is 14.3 Å². The minimum absolute atomic E-state index is 0.0473. The van der Waals surface area contributed by atoms with Crippen LogP contribution in [0.25, 0.3) is 11.0 Å². The Morgan fingerprint density at radius 2 is 1.81 bits per heavy atom. The van der Waals surface area contributed by atoms with Crippen molar-refractivity contribution in [2.75, 3.05) is 18.1 Å². The monoisotopic (exact) mass is 484 g/mol. The fourth-order valence-corrected chi connectivity index (χ4v) is 3.98. The number of anilines is 1. The average molecular weight is 485 g/mol. The SMILES string of the molecule is CCOC(=O)CN(C(=O)c1ccc2c(c1)nc(CCc1ccc(C(=N)N)cc1)n2C)c1ccccn1. The number of esters is 1. The van der Waals surface area contributed by atoms with Crippen LogP contribution in [0.15, 0.2) is 66.9 Å². The highest BCUT2D eigenvalue weighted by atomic mass is 16.5. The first-order valence-corrected chi connectivity index (χ1v) is 11.6. The maximum absolute atomic E-state index is 13.4. The van der Waals surface area contributed by atoms with Crippen molar-refractivity contribution in [2.45, 2.75) is 19.8 Å². The Morgan fingerprint density at radius 3 is 2.47 bits per heavy atom. The summed E-state index contributed by atoms with van der Waals surface area (Å²) >= 11 is 0. The van der Waals surface area contributed by atoms with Crippen LogP contribution in [0.3, 0.4) is 0 Å². The quantitative estimate of drug-likeness (QED) is 0.213. The van der Waals surface area contributed by atoms with E-state index in [-0.39, 0.29) is 24.9 Å². The summed E-state index contributed by atoms with van der Waals surface area (Å²) in [5.41, 5.74) is 9.35. The van der Waals surface area contributed by atoms with E-state index in [1.807, 2.05) is 41.9 Å². The number of benzene rings is 2. The summed E-state index contributed by atoms with van der Waals surface area (Å²) in [5.74, 6) is 0.438. The fraction of sp³-hybridized carbons (Fsp3) is 0.222. The zero-order chi connectivity index (χ0) is 25.7. The second kappa shape index (κ2) is 10.8. The molecule has 0 radical (unpaired) electrons. The van der Waals surface area contributed by atoms with Crippen LogP contribution in [0.4, 0.5) is 5.82 Å². The van der Waals surface area contributed by atoms with E-state index in [1.54, 1.807) is 43.5 Å². The highest BCUT2D eigenvalue weighted by Gasteiger charge is 2.23. The number of amidine groups is 1. The minimum atomic E-state index is -0.506. The molecule has 0 aliphatic rings. The normalized spacial score (nSPS) is 10.8. The van der Waals surface area contributed by atoms with E-state index in [9.17, 15) is 9.59 Å². The lowest BCUT2D eigenvalue weighted by atomic mass is 10.1. The molecular weight excluding hydrogens is 456 g/mol. The lowest BCUT2D eigenvalue weighted by Gasteiger charge is -2.20. The number of hydrogen-bond donors (Lipinski definition) is 2. The van der Waals surface area contributed by atoms with Crippen LogP contribution in [-0.2, 0) is 29.4 Å². The molecule has 3 N–H and O–H groups in total. The molecule has 184 valence electrons. The van der Waals surface area contributed by atoms with E-state index in [0.29, 0.717) is 28.9 Å². The maximum atomic E-state index is 13.4. The number of carbonyl (C=O) groups is 2. The van der Waals surface area contributed by atoms with Crippen molar-refractivity contribution in [3.8, 4) is 0 Å². The lowest BCUT2D eigenvalue weighted by molar-refractivity contribution is -0.141. The third kappa shape index (κ3) is 5.41. The Bertz CT molecular complexity index is 1400. The predicted molar refractivity (Wildman–Crippen MR) is 138 cm³/mol. The molecule has 2 aromatic carbocycles. The van der Waals surface area contributed by atoms with Gasteiger partial charge in [-0.1, -0.05) is 30.3 Å². The summed E-state index contributed by atoms with van der Waals surface area (Å²) < 4.78 is 7.07. The molecular formula is C27H28N6O3. The van der Waals surface area contributed by atoms with Crippen LogP contribution in [0.2, 0.25) is 0 Å². The molecule has 4 rings (SSSR count). The molecule has 0 aliphatic carbocycles. The number of fused-ring (bicyclic) bond motifs is 1. The Labute approximate surface area is 209 Å². The predicted octanol–water partition coefficient (Wildman–Crippen LogP) is 3.25. The summed E-state index contributed by atoms with van der Waals surface area (Å²) in [6.07, 6.45) is 3.05. The number of hydrogen-bond acceptors (Lipinski definition) is 6. The number of nitrogens with two attached hydrogens (primary N) is 1. The third-order valence-electron chi connectivity index (χ3n) is 5.89. The number of aromatic nitrogens is 3. The second-order valence-corrected chi connectivity index (χ2v) is 8.29. The largest absolute Gasteiger partial charge is 0.465 e. The van der Waals surface area contributed by atoms with Gasteiger partial charge in [-0.25, -0.2) is 9.97 Å². The number of nitrogens with zero attached hydrogens (tertiary/aromatic N) is 4. The van der Waals surface area contributed by atoms with Crippen LogP contribution < -0.4 is 10.6 Å². The highest BCUT2D eigenvalue weighted by molar-refractivity contribution is 6.09. The molecule has 0 aliphatic heterocycles. The molecule has 0 unspecified atom stereocenters. The van der Waals surface area contributed by atoms with E-state index in [2.05, 4.69) is 4.98 Å². The number of ether oxygens (including phenoxy) is 1. The van der Waals surface area contributed by atoms with Gasteiger partial charge in [0.15, 0.2) is 0 Å². The van der Waals surface area contributed by atoms with Crippen molar-refractivity contribution in [3.63, 3.8) is 0 Å². The van der Waals surface area contributed by atoms with Crippen molar-refractivity contribution >= 4 is 34.6 Å². The smallest absolute Gasteiger partial charge is 0.326 e. The van der Waals surface area contributed by atoms with Crippen LogP contribution in [0.5, 0.6) is 0 Å². The second-order valence-electron chi connectivity index (χ2n) is 8.29. The van der Waals surface area contributed by atoms with Gasteiger partial charge >= 0.3 is 5.97 Å². The lowest BCUT2D eigenvalue weighted by Crippen LogP contribution is -2.37. The molecule has 0 spiro atoms. The van der Waals surface area contributed by atoms with E-state index in [0.717, 1.165) is 23.3 Å². The first-order chi connectivity index (χ1) is 17.4. The molecule has 1 amide bonds. The van der Waals surface area contributed by atoms with Gasteiger partial charge in [-0.05, 0) is 49.2 Å². The standard InChI is InChI=1S/C27H28N6O3/c1-3-36-25(34)17-33(23-6-4-5-15-30-23)27(35)20-12-13-22-21(16-20)31-24(32(22)2)14-9-18-7-10-19(11-8-18)26(28)29/h4-8,10-13,15-16H,3,9,14,17H2,1-2H3,(H3,28,29). The number of aryl methyl sites for hydroxylation is 3. The molecule has 0 fully saturated rings. The van der Waals surface area contributed by atoms with Crippen LogP contribution >= 0.6 is 0 Å².